The van der Waals surface area contributed by atoms with E-state index in [4.69, 9.17) is 26.4 Å². The molecule has 0 aliphatic carbocycles. The van der Waals surface area contributed by atoms with Crippen LogP contribution in [0, 0.1) is 0 Å². The first-order valence-electron chi connectivity index (χ1n) is 11.7. The number of nitrogens with zero attached hydrogens (tertiary/aromatic N) is 1. The van der Waals surface area contributed by atoms with E-state index in [9.17, 15) is 5.11 Å². The highest BCUT2D eigenvalue weighted by Gasteiger charge is 2.32. The van der Waals surface area contributed by atoms with E-state index in [0.29, 0.717) is 27.9 Å². The van der Waals surface area contributed by atoms with Gasteiger partial charge >= 0.3 is 0 Å². The van der Waals surface area contributed by atoms with Gasteiger partial charge in [-0.3, -0.25) is 10.4 Å². The molecule has 1 heterocycles. The molecule has 4 aromatic carbocycles. The van der Waals surface area contributed by atoms with Crippen LogP contribution >= 0.6 is 12.2 Å². The van der Waals surface area contributed by atoms with Crippen molar-refractivity contribution in [1.82, 2.24) is 10.4 Å². The number of anilines is 1. The molecule has 4 aromatic rings. The molecule has 0 saturated carbocycles. The molecule has 0 bridgehead atoms. The molecular formula is C29H27N3O4S. The summed E-state index contributed by atoms with van der Waals surface area (Å²) in [5.41, 5.74) is 6.39. The summed E-state index contributed by atoms with van der Waals surface area (Å²) in [5, 5.41) is 18.4. The summed E-state index contributed by atoms with van der Waals surface area (Å²) in [6.07, 6.45) is 2.02. The topological polar surface area (TPSA) is 75.2 Å². The molecule has 7 nitrogen and oxygen atoms in total. The Hall–Kier alpha value is -4.43. The highest BCUT2D eigenvalue weighted by atomic mass is 32.1. The Balaban J connectivity index is 1.57. The summed E-state index contributed by atoms with van der Waals surface area (Å²) < 4.78 is 16.6. The highest BCUT2D eigenvalue weighted by Crippen LogP contribution is 2.41. The monoisotopic (exact) mass is 513 g/mol. The van der Waals surface area contributed by atoms with Crippen LogP contribution in [0.15, 0.2) is 84.9 Å². The number of methoxy groups -OCH3 is 3. The molecule has 37 heavy (non-hydrogen) atoms. The number of thiocarbonyl (C=S) groups is 1. The van der Waals surface area contributed by atoms with E-state index in [2.05, 4.69) is 10.7 Å². The Labute approximate surface area is 220 Å². The van der Waals surface area contributed by atoms with Crippen LogP contribution in [0.3, 0.4) is 0 Å². The number of hydrazine groups is 1. The molecular weight excluding hydrogens is 486 g/mol. The average molecular weight is 514 g/mol. The molecule has 0 amide bonds. The minimum absolute atomic E-state index is 0.197. The fraction of sp³-hybridized carbons (Fsp3) is 0.138. The average Bonchev–Trinajstić information content (AvgIpc) is 3.38. The lowest BCUT2D eigenvalue weighted by Gasteiger charge is -2.29. The number of phenolic OH excluding ortho intramolecular Hbond substituents is 1. The molecule has 5 rings (SSSR count). The zero-order chi connectivity index (χ0) is 25.9. The Bertz CT molecular complexity index is 1500. The van der Waals surface area contributed by atoms with E-state index in [1.54, 1.807) is 21.3 Å². The predicted molar refractivity (Wildman–Crippen MR) is 150 cm³/mol. The van der Waals surface area contributed by atoms with Crippen molar-refractivity contribution >= 4 is 39.5 Å². The molecule has 0 fully saturated rings. The minimum atomic E-state index is -0.351. The summed E-state index contributed by atoms with van der Waals surface area (Å²) in [4.78, 5) is 0. The van der Waals surface area contributed by atoms with Gasteiger partial charge in [0.2, 0.25) is 0 Å². The van der Waals surface area contributed by atoms with Gasteiger partial charge in [0.25, 0.3) is 0 Å². The summed E-state index contributed by atoms with van der Waals surface area (Å²) in [7, 11) is 4.85. The van der Waals surface area contributed by atoms with E-state index < -0.39 is 0 Å². The van der Waals surface area contributed by atoms with Crippen molar-refractivity contribution in [2.75, 3.05) is 26.6 Å². The number of rotatable bonds is 6. The molecule has 1 atom stereocenters. The van der Waals surface area contributed by atoms with Crippen LogP contribution in [0.25, 0.3) is 16.5 Å². The van der Waals surface area contributed by atoms with E-state index in [-0.39, 0.29) is 11.8 Å². The fourth-order valence-electron chi connectivity index (χ4n) is 4.48. The second-order valence-corrected chi connectivity index (χ2v) is 8.81. The van der Waals surface area contributed by atoms with Gasteiger partial charge in [0.05, 0.1) is 32.7 Å². The van der Waals surface area contributed by atoms with Gasteiger partial charge < -0.3 is 24.6 Å². The maximum Gasteiger partial charge on any atom is 0.193 e. The van der Waals surface area contributed by atoms with Crippen LogP contribution in [0.4, 0.5) is 5.69 Å². The SMILES string of the molecule is COc1ccc(C2C=C(c3ccc4ccccc4c3O)NN2C(=S)Nc2ccccc2OC)c(OC)c1. The van der Waals surface area contributed by atoms with Crippen molar-refractivity contribution in [1.29, 1.82) is 0 Å². The number of hydrogen-bond acceptors (Lipinski definition) is 6. The molecule has 1 aliphatic heterocycles. The van der Waals surface area contributed by atoms with Crippen LogP contribution < -0.4 is 25.0 Å². The summed E-state index contributed by atoms with van der Waals surface area (Å²) in [5.74, 6) is 2.20. The molecule has 0 saturated heterocycles. The van der Waals surface area contributed by atoms with Crippen molar-refractivity contribution in [2.24, 2.45) is 0 Å². The fourth-order valence-corrected chi connectivity index (χ4v) is 4.75. The van der Waals surface area contributed by atoms with Gasteiger partial charge in [0, 0.05) is 22.6 Å². The summed E-state index contributed by atoms with van der Waals surface area (Å²) in [6.45, 7) is 0. The third kappa shape index (κ3) is 4.59. The Kier molecular flexibility index (Phi) is 6.74. The van der Waals surface area contributed by atoms with E-state index in [1.165, 1.54) is 0 Å². The van der Waals surface area contributed by atoms with Crippen molar-refractivity contribution in [3.05, 3.63) is 96.1 Å². The normalized spacial score (nSPS) is 14.6. The minimum Gasteiger partial charge on any atom is -0.507 e. The molecule has 8 heteroatoms. The number of hydrogen-bond donors (Lipinski definition) is 3. The maximum atomic E-state index is 11.2. The smallest absolute Gasteiger partial charge is 0.193 e. The lowest BCUT2D eigenvalue weighted by molar-refractivity contribution is 0.331. The van der Waals surface area contributed by atoms with Gasteiger partial charge in [0.15, 0.2) is 5.11 Å². The third-order valence-corrected chi connectivity index (χ3v) is 6.66. The van der Waals surface area contributed by atoms with Crippen molar-refractivity contribution in [3.8, 4) is 23.0 Å². The summed E-state index contributed by atoms with van der Waals surface area (Å²) >= 11 is 5.86. The van der Waals surface area contributed by atoms with Gasteiger partial charge in [-0.05, 0) is 54.0 Å². The number of ether oxygens (including phenoxy) is 3. The predicted octanol–water partition coefficient (Wildman–Crippen LogP) is 5.87. The summed E-state index contributed by atoms with van der Waals surface area (Å²) in [6, 6.07) is 24.5. The standard InChI is InChI=1S/C29H27N3O4S/c1-34-19-13-15-22(27(16-19)36-3)25-17-24(21-14-12-18-8-4-5-9-20(18)28(21)33)31-32(25)29(37)30-23-10-6-7-11-26(23)35-2/h4-17,25,31,33H,1-3H3,(H,30,37). The second-order valence-electron chi connectivity index (χ2n) is 8.43. The van der Waals surface area contributed by atoms with Gasteiger partial charge in [-0.25, -0.2) is 0 Å². The maximum absolute atomic E-state index is 11.2. The second kappa shape index (κ2) is 10.3. The quantitative estimate of drug-likeness (QED) is 0.277. The lowest BCUT2D eigenvalue weighted by atomic mass is 10.0. The number of para-hydroxylation sites is 2. The number of nitrogens with one attached hydrogen (secondary N) is 2. The lowest BCUT2D eigenvalue weighted by Crippen LogP contribution is -2.42. The molecule has 0 spiro atoms. The molecule has 188 valence electrons. The van der Waals surface area contributed by atoms with Crippen molar-refractivity contribution in [3.63, 3.8) is 0 Å². The number of benzene rings is 4. The van der Waals surface area contributed by atoms with Crippen LogP contribution in [0.5, 0.6) is 23.0 Å². The highest BCUT2D eigenvalue weighted by molar-refractivity contribution is 7.80. The number of aromatic hydroxyl groups is 1. The zero-order valence-electron chi connectivity index (χ0n) is 20.7. The van der Waals surface area contributed by atoms with Crippen LogP contribution in [-0.2, 0) is 0 Å². The van der Waals surface area contributed by atoms with Gasteiger partial charge in [-0.15, -0.1) is 0 Å². The Morgan fingerprint density at radius 3 is 2.43 bits per heavy atom. The van der Waals surface area contributed by atoms with Gasteiger partial charge in [-0.2, -0.15) is 0 Å². The zero-order valence-corrected chi connectivity index (χ0v) is 21.5. The molecule has 3 N–H and O–H groups in total. The largest absolute Gasteiger partial charge is 0.507 e. The first kappa shape index (κ1) is 24.3. The third-order valence-electron chi connectivity index (χ3n) is 6.36. The van der Waals surface area contributed by atoms with Gasteiger partial charge in [-0.1, -0.05) is 42.5 Å². The first-order chi connectivity index (χ1) is 18.0. The van der Waals surface area contributed by atoms with E-state index in [1.807, 2.05) is 89.9 Å². The molecule has 0 radical (unpaired) electrons. The number of phenols is 1. The van der Waals surface area contributed by atoms with Crippen molar-refractivity contribution in [2.45, 2.75) is 6.04 Å². The molecule has 1 aliphatic rings. The molecule has 0 aromatic heterocycles. The Morgan fingerprint density at radius 2 is 1.65 bits per heavy atom. The van der Waals surface area contributed by atoms with E-state index in [0.717, 1.165) is 27.7 Å². The molecule has 1 unspecified atom stereocenters. The first-order valence-corrected chi connectivity index (χ1v) is 12.1. The van der Waals surface area contributed by atoms with Crippen LogP contribution in [0.1, 0.15) is 17.2 Å². The van der Waals surface area contributed by atoms with E-state index >= 15 is 0 Å². The number of fused-ring (bicyclic) bond motifs is 1. The van der Waals surface area contributed by atoms with Crippen LogP contribution in [0.2, 0.25) is 0 Å². The Morgan fingerprint density at radius 1 is 0.892 bits per heavy atom. The van der Waals surface area contributed by atoms with Gasteiger partial charge in [0.1, 0.15) is 29.0 Å². The van der Waals surface area contributed by atoms with Crippen molar-refractivity contribution < 1.29 is 19.3 Å². The van der Waals surface area contributed by atoms with Crippen LogP contribution in [-0.4, -0.2) is 36.6 Å².